The minimum absolute atomic E-state index is 0.0549. The first-order valence-corrected chi connectivity index (χ1v) is 21.3. The van der Waals surface area contributed by atoms with Gasteiger partial charge >= 0.3 is 10.1 Å². The molecule has 9 nitrogen and oxygen atoms in total. The first-order valence-electron chi connectivity index (χ1n) is 18.3. The van der Waals surface area contributed by atoms with Gasteiger partial charge in [0.25, 0.3) is 0 Å². The third-order valence-corrected chi connectivity index (χ3v) is 14.3. The molecule has 0 aliphatic heterocycles. The maximum absolute atomic E-state index is 14.6. The fourth-order valence-corrected chi connectivity index (χ4v) is 11.1. The average Bonchev–Trinajstić information content (AvgIpc) is 3.25. The highest BCUT2D eigenvalue weighted by molar-refractivity contribution is 8.33. The summed E-state index contributed by atoms with van der Waals surface area (Å²) in [6, 6.07) is 40.5. The van der Waals surface area contributed by atoms with Gasteiger partial charge in [0.15, 0.2) is 0 Å². The number of aromatic nitrogens is 3. The number of pyridine rings is 3. The number of ether oxygens (including phenoxy) is 3. The zero-order valence-corrected chi connectivity index (χ0v) is 33.5. The van der Waals surface area contributed by atoms with E-state index in [0.717, 1.165) is 22.3 Å². The summed E-state index contributed by atoms with van der Waals surface area (Å²) in [5.74, 6) is 1.85. The lowest BCUT2D eigenvalue weighted by Gasteiger charge is -2.39. The Labute approximate surface area is 336 Å². The highest BCUT2D eigenvalue weighted by Gasteiger charge is 2.39. The smallest absolute Gasteiger partial charge is 0.307 e. The third kappa shape index (κ3) is 9.69. The van der Waals surface area contributed by atoms with Crippen LogP contribution in [0.1, 0.15) is 43.0 Å². The maximum atomic E-state index is 14.6. The van der Waals surface area contributed by atoms with E-state index in [2.05, 4.69) is 35.7 Å². The van der Waals surface area contributed by atoms with Crippen molar-refractivity contribution in [3.05, 3.63) is 193 Å². The van der Waals surface area contributed by atoms with Gasteiger partial charge in [-0.25, -0.2) is 3.63 Å². The zero-order valence-electron chi connectivity index (χ0n) is 31.9. The lowest BCUT2D eigenvalue weighted by molar-refractivity contribution is 0.306. The SMILES string of the molecule is CC(C)(C)c1ccc(S(=O)(=O)OS(c2ccc(OCc3ccncc3)cc2)(c2ccc(OCc3ccncc3)cc2)c2ccc(OCc3ccncc3)cc2)cc1. The van der Waals surface area contributed by atoms with E-state index < -0.39 is 20.4 Å². The van der Waals surface area contributed by atoms with Crippen LogP contribution in [0.2, 0.25) is 0 Å². The Morgan fingerprint density at radius 3 is 1.02 bits per heavy atom. The van der Waals surface area contributed by atoms with E-state index in [-0.39, 0.29) is 10.3 Å². The first-order chi connectivity index (χ1) is 27.6. The van der Waals surface area contributed by atoms with E-state index in [9.17, 15) is 8.42 Å². The van der Waals surface area contributed by atoms with Crippen LogP contribution in [0.4, 0.5) is 0 Å². The van der Waals surface area contributed by atoms with Gasteiger partial charge in [0.1, 0.15) is 37.1 Å². The van der Waals surface area contributed by atoms with E-state index in [4.69, 9.17) is 17.8 Å². The number of nitrogens with zero attached hydrogens (tertiary/aromatic N) is 3. The molecule has 3 aromatic heterocycles. The Morgan fingerprint density at radius 2 is 0.719 bits per heavy atom. The second kappa shape index (κ2) is 17.4. The standard InChI is InChI=1S/C46H43N3O6S2/c1-46(2,3)38-4-12-45(13-5-38)57(50,51)55-56(42-14-6-39(7-15-42)52-32-35-20-26-47-27-21-35,43-16-8-40(9-17-43)53-33-36-22-28-48-29-23-36)44-18-10-41(11-19-44)54-34-37-24-30-49-31-25-37/h4-31H,32-34H2,1-3H3. The van der Waals surface area contributed by atoms with Gasteiger partial charge in [0.05, 0.1) is 4.90 Å². The largest absolute Gasteiger partial charge is 0.489 e. The van der Waals surface area contributed by atoms with E-state index in [0.29, 0.717) is 51.8 Å². The lowest BCUT2D eigenvalue weighted by atomic mass is 9.87. The molecule has 0 atom stereocenters. The molecule has 0 fully saturated rings. The molecule has 0 aliphatic rings. The van der Waals surface area contributed by atoms with Gasteiger partial charge in [-0.2, -0.15) is 8.42 Å². The van der Waals surface area contributed by atoms with Crippen LogP contribution in [0.5, 0.6) is 17.2 Å². The van der Waals surface area contributed by atoms with E-state index in [1.807, 2.05) is 121 Å². The summed E-state index contributed by atoms with van der Waals surface area (Å²) in [6.45, 7) is 7.29. The number of hydrogen-bond donors (Lipinski definition) is 0. The molecule has 0 unspecified atom stereocenters. The van der Waals surface area contributed by atoms with Crippen molar-refractivity contribution in [3.63, 3.8) is 0 Å². The number of benzene rings is 4. The van der Waals surface area contributed by atoms with Crippen LogP contribution in [0.3, 0.4) is 0 Å². The molecule has 7 aromatic rings. The van der Waals surface area contributed by atoms with Crippen molar-refractivity contribution >= 4 is 20.4 Å². The van der Waals surface area contributed by atoms with Gasteiger partial charge in [-0.15, -0.1) is 0 Å². The minimum atomic E-state index is -4.37. The Hall–Kier alpha value is -6.01. The third-order valence-electron chi connectivity index (χ3n) is 9.13. The molecule has 0 saturated heterocycles. The summed E-state index contributed by atoms with van der Waals surface area (Å²) in [5.41, 5.74) is 3.75. The van der Waals surface area contributed by atoms with Gasteiger partial charge in [-0.05, 0) is 159 Å². The Morgan fingerprint density at radius 1 is 0.421 bits per heavy atom. The quantitative estimate of drug-likeness (QED) is 0.100. The Kier molecular flexibility index (Phi) is 12.0. The second-order valence-corrected chi connectivity index (χ2v) is 18.6. The van der Waals surface area contributed by atoms with Crippen LogP contribution in [0.15, 0.2) is 190 Å². The molecule has 0 bridgehead atoms. The Balaban J connectivity index is 1.31. The zero-order chi connectivity index (χ0) is 39.7. The monoisotopic (exact) mass is 797 g/mol. The van der Waals surface area contributed by atoms with E-state index in [1.54, 1.807) is 49.3 Å². The Bertz CT molecular complexity index is 2240. The molecule has 0 N–H and O–H groups in total. The molecule has 4 aromatic carbocycles. The number of hydrogen-bond acceptors (Lipinski definition) is 9. The van der Waals surface area contributed by atoms with Crippen molar-refractivity contribution < 1.29 is 26.3 Å². The molecule has 7 rings (SSSR count). The lowest BCUT2D eigenvalue weighted by Crippen LogP contribution is -2.15. The second-order valence-electron chi connectivity index (χ2n) is 14.2. The summed E-state index contributed by atoms with van der Waals surface area (Å²) < 4.78 is 54.3. The fourth-order valence-electron chi connectivity index (χ4n) is 5.94. The molecule has 11 heteroatoms. The van der Waals surface area contributed by atoms with Crippen LogP contribution in [0, 0.1) is 0 Å². The molecule has 3 heterocycles. The molecular formula is C46H43N3O6S2. The van der Waals surface area contributed by atoms with Crippen molar-refractivity contribution in [1.82, 2.24) is 15.0 Å². The predicted molar refractivity (Wildman–Crippen MR) is 221 cm³/mol. The molecule has 57 heavy (non-hydrogen) atoms. The average molecular weight is 798 g/mol. The van der Waals surface area contributed by atoms with Crippen LogP contribution >= 0.6 is 10.3 Å². The van der Waals surface area contributed by atoms with Crippen LogP contribution in [0.25, 0.3) is 0 Å². The predicted octanol–water partition coefficient (Wildman–Crippen LogP) is 10.5. The van der Waals surface area contributed by atoms with E-state index in [1.165, 1.54) is 0 Å². The molecule has 0 radical (unpaired) electrons. The van der Waals surface area contributed by atoms with Gasteiger partial charge < -0.3 is 14.2 Å². The fraction of sp³-hybridized carbons (Fsp3) is 0.152. The normalized spacial score (nSPS) is 12.1. The van der Waals surface area contributed by atoms with Crippen molar-refractivity contribution in [2.45, 2.75) is 65.6 Å². The van der Waals surface area contributed by atoms with Crippen LogP contribution in [-0.4, -0.2) is 23.4 Å². The summed E-state index contributed by atoms with van der Waals surface area (Å²) in [5, 5.41) is 0. The number of rotatable bonds is 15. The topological polar surface area (TPSA) is 110 Å². The van der Waals surface area contributed by atoms with E-state index >= 15 is 0 Å². The molecule has 0 spiro atoms. The van der Waals surface area contributed by atoms with Crippen molar-refractivity contribution in [2.24, 2.45) is 0 Å². The summed E-state index contributed by atoms with van der Waals surface area (Å²) in [4.78, 5) is 14.2. The van der Waals surface area contributed by atoms with Gasteiger partial charge in [0, 0.05) is 51.9 Å². The van der Waals surface area contributed by atoms with Gasteiger partial charge in [-0.3, -0.25) is 15.0 Å². The molecule has 0 saturated carbocycles. The van der Waals surface area contributed by atoms with Crippen molar-refractivity contribution in [2.75, 3.05) is 0 Å². The van der Waals surface area contributed by atoms with Crippen LogP contribution < -0.4 is 14.2 Å². The highest BCUT2D eigenvalue weighted by Crippen LogP contribution is 2.70. The van der Waals surface area contributed by atoms with Crippen molar-refractivity contribution in [1.29, 1.82) is 0 Å². The molecule has 290 valence electrons. The minimum Gasteiger partial charge on any atom is -0.489 e. The highest BCUT2D eigenvalue weighted by atomic mass is 32.3. The van der Waals surface area contributed by atoms with Crippen LogP contribution in [-0.2, 0) is 39.0 Å². The molecular weight excluding hydrogens is 755 g/mol. The van der Waals surface area contributed by atoms with Gasteiger partial charge in [-0.1, -0.05) is 32.9 Å². The van der Waals surface area contributed by atoms with Gasteiger partial charge in [0.2, 0.25) is 0 Å². The molecule has 0 aliphatic carbocycles. The summed E-state index contributed by atoms with van der Waals surface area (Å²) >= 11 is 0. The van der Waals surface area contributed by atoms with Crippen molar-refractivity contribution in [3.8, 4) is 17.2 Å². The summed E-state index contributed by atoms with van der Waals surface area (Å²) in [6.07, 6.45) is 10.3. The summed E-state index contributed by atoms with van der Waals surface area (Å²) in [7, 11) is -7.38. The first kappa shape index (κ1) is 39.2. The molecule has 0 amide bonds. The maximum Gasteiger partial charge on any atom is 0.307 e.